The molecule has 1 aromatic carbocycles. The van der Waals surface area contributed by atoms with Crippen LogP contribution in [0.3, 0.4) is 0 Å². The zero-order valence-electron chi connectivity index (χ0n) is 11.1. The Labute approximate surface area is 118 Å². The molecule has 2 rings (SSSR count). The van der Waals surface area contributed by atoms with Crippen molar-refractivity contribution >= 4 is 10.0 Å². The number of nitrogens with zero attached hydrogens (tertiary/aromatic N) is 2. The number of benzene rings is 1. The number of sulfonamides is 1. The minimum Gasteiger partial charge on any atom is -0.388 e. The second-order valence-electron chi connectivity index (χ2n) is 4.46. The fourth-order valence-corrected chi connectivity index (χ4v) is 2.82. The summed E-state index contributed by atoms with van der Waals surface area (Å²) in [5.41, 5.74) is 0.771. The average Bonchev–Trinajstić information content (AvgIpc) is 2.87. The van der Waals surface area contributed by atoms with Crippen molar-refractivity contribution < 1.29 is 13.5 Å². The molecule has 0 aliphatic carbocycles. The average molecular weight is 295 g/mol. The lowest BCUT2D eigenvalue weighted by Gasteiger charge is -2.11. The van der Waals surface area contributed by atoms with E-state index < -0.39 is 16.1 Å². The molecular formula is C13H17N3O3S. The van der Waals surface area contributed by atoms with Gasteiger partial charge in [0.1, 0.15) is 4.90 Å². The van der Waals surface area contributed by atoms with Gasteiger partial charge >= 0.3 is 0 Å². The Morgan fingerprint density at radius 3 is 2.65 bits per heavy atom. The van der Waals surface area contributed by atoms with Crippen LogP contribution in [-0.4, -0.2) is 29.8 Å². The van der Waals surface area contributed by atoms with Crippen molar-refractivity contribution in [3.8, 4) is 0 Å². The van der Waals surface area contributed by atoms with Crippen LogP contribution < -0.4 is 4.72 Å². The Balaban J connectivity index is 1.90. The molecule has 1 atom stereocenters. The molecule has 108 valence electrons. The van der Waals surface area contributed by atoms with Crippen LogP contribution in [0, 0.1) is 0 Å². The summed E-state index contributed by atoms with van der Waals surface area (Å²) in [6.07, 6.45) is 2.34. The van der Waals surface area contributed by atoms with E-state index in [-0.39, 0.29) is 11.4 Å². The molecule has 0 radical (unpaired) electrons. The van der Waals surface area contributed by atoms with Gasteiger partial charge in [-0.1, -0.05) is 30.3 Å². The van der Waals surface area contributed by atoms with E-state index in [1.54, 1.807) is 19.2 Å². The van der Waals surface area contributed by atoms with Gasteiger partial charge in [0.25, 0.3) is 0 Å². The predicted molar refractivity (Wildman–Crippen MR) is 74.4 cm³/mol. The maximum Gasteiger partial charge on any atom is 0.243 e. The van der Waals surface area contributed by atoms with E-state index in [9.17, 15) is 13.5 Å². The molecule has 2 aromatic rings. The van der Waals surface area contributed by atoms with Crippen LogP contribution in [0.4, 0.5) is 0 Å². The van der Waals surface area contributed by atoms with E-state index in [0.29, 0.717) is 6.42 Å². The molecule has 1 unspecified atom stereocenters. The molecule has 0 bridgehead atoms. The Morgan fingerprint density at radius 1 is 1.35 bits per heavy atom. The number of aliphatic hydroxyl groups is 1. The van der Waals surface area contributed by atoms with Gasteiger partial charge in [0, 0.05) is 19.8 Å². The summed E-state index contributed by atoms with van der Waals surface area (Å²) < 4.78 is 27.7. The van der Waals surface area contributed by atoms with E-state index >= 15 is 0 Å². The van der Waals surface area contributed by atoms with Crippen molar-refractivity contribution in [1.82, 2.24) is 14.5 Å². The maximum atomic E-state index is 11.9. The van der Waals surface area contributed by atoms with Crippen LogP contribution in [-0.2, 0) is 17.1 Å². The molecule has 7 heteroatoms. The molecule has 20 heavy (non-hydrogen) atoms. The van der Waals surface area contributed by atoms with Crippen LogP contribution in [0.5, 0.6) is 0 Å². The van der Waals surface area contributed by atoms with Crippen LogP contribution in [0.25, 0.3) is 0 Å². The van der Waals surface area contributed by atoms with Gasteiger partial charge in [0.2, 0.25) is 10.0 Å². The number of hydrogen-bond donors (Lipinski definition) is 2. The topological polar surface area (TPSA) is 84.2 Å². The molecule has 6 nitrogen and oxygen atoms in total. The van der Waals surface area contributed by atoms with Gasteiger partial charge < -0.3 is 5.11 Å². The number of nitrogens with one attached hydrogen (secondary N) is 1. The van der Waals surface area contributed by atoms with E-state index in [0.717, 1.165) is 5.56 Å². The number of hydrogen-bond acceptors (Lipinski definition) is 4. The third-order valence-electron chi connectivity index (χ3n) is 2.89. The lowest BCUT2D eigenvalue weighted by atomic mass is 10.1. The lowest BCUT2D eigenvalue weighted by molar-refractivity contribution is 0.169. The summed E-state index contributed by atoms with van der Waals surface area (Å²) in [6.45, 7) is 0.160. The van der Waals surface area contributed by atoms with Crippen molar-refractivity contribution in [3.05, 3.63) is 48.3 Å². The highest BCUT2D eigenvalue weighted by Crippen LogP contribution is 2.15. The van der Waals surface area contributed by atoms with Crippen LogP contribution in [0.2, 0.25) is 0 Å². The highest BCUT2D eigenvalue weighted by Gasteiger charge is 2.16. The molecule has 0 aliphatic heterocycles. The minimum absolute atomic E-state index is 0.120. The largest absolute Gasteiger partial charge is 0.388 e. The van der Waals surface area contributed by atoms with Gasteiger partial charge in [0.15, 0.2) is 0 Å². The molecule has 1 heterocycles. The summed E-state index contributed by atoms with van der Waals surface area (Å²) in [6, 6.07) is 9.14. The van der Waals surface area contributed by atoms with Crippen molar-refractivity contribution in [2.75, 3.05) is 6.54 Å². The fraction of sp³-hybridized carbons (Fsp3) is 0.308. The molecular weight excluding hydrogens is 278 g/mol. The standard InChI is InChI=1S/C13H17N3O3S/c1-16-10-12(9-14-16)20(18,19)15-8-7-13(17)11-5-3-2-4-6-11/h2-6,9-10,13,15,17H,7-8H2,1H3. The normalized spacial score (nSPS) is 13.3. The highest BCUT2D eigenvalue weighted by atomic mass is 32.2. The third kappa shape index (κ3) is 3.66. The van der Waals surface area contributed by atoms with E-state index in [2.05, 4.69) is 9.82 Å². The first-order chi connectivity index (χ1) is 9.49. The Kier molecular flexibility index (Phi) is 4.53. The summed E-state index contributed by atoms with van der Waals surface area (Å²) in [5, 5.41) is 13.8. The molecule has 0 saturated carbocycles. The molecule has 0 amide bonds. The Bertz CT molecular complexity index is 653. The number of rotatable bonds is 6. The smallest absolute Gasteiger partial charge is 0.243 e. The zero-order chi connectivity index (χ0) is 14.6. The monoisotopic (exact) mass is 295 g/mol. The molecule has 0 aliphatic rings. The highest BCUT2D eigenvalue weighted by molar-refractivity contribution is 7.89. The lowest BCUT2D eigenvalue weighted by Crippen LogP contribution is -2.25. The Morgan fingerprint density at radius 2 is 2.05 bits per heavy atom. The second-order valence-corrected chi connectivity index (χ2v) is 6.23. The van der Waals surface area contributed by atoms with Gasteiger partial charge in [-0.3, -0.25) is 4.68 Å². The van der Waals surface area contributed by atoms with Gasteiger partial charge in [-0.25, -0.2) is 13.1 Å². The first-order valence-corrected chi connectivity index (χ1v) is 7.69. The number of aliphatic hydroxyl groups excluding tert-OH is 1. The van der Waals surface area contributed by atoms with Crippen LogP contribution in [0.15, 0.2) is 47.6 Å². The third-order valence-corrected chi connectivity index (χ3v) is 4.30. The summed E-state index contributed by atoms with van der Waals surface area (Å²) in [5.74, 6) is 0. The van der Waals surface area contributed by atoms with Crippen molar-refractivity contribution in [2.24, 2.45) is 7.05 Å². The second kappa shape index (κ2) is 6.17. The summed E-state index contributed by atoms with van der Waals surface area (Å²) in [7, 11) is -1.91. The molecule has 0 spiro atoms. The summed E-state index contributed by atoms with van der Waals surface area (Å²) in [4.78, 5) is 0.120. The zero-order valence-corrected chi connectivity index (χ0v) is 11.9. The van der Waals surface area contributed by atoms with E-state index in [1.807, 2.05) is 18.2 Å². The van der Waals surface area contributed by atoms with Crippen LogP contribution >= 0.6 is 0 Å². The van der Waals surface area contributed by atoms with E-state index in [1.165, 1.54) is 17.1 Å². The van der Waals surface area contributed by atoms with Crippen molar-refractivity contribution in [3.63, 3.8) is 0 Å². The van der Waals surface area contributed by atoms with Gasteiger partial charge in [-0.05, 0) is 12.0 Å². The van der Waals surface area contributed by atoms with Crippen LogP contribution in [0.1, 0.15) is 18.1 Å². The van der Waals surface area contributed by atoms with Gasteiger partial charge in [0.05, 0.1) is 12.3 Å². The predicted octanol–water partition coefficient (Wildman–Crippen LogP) is 0.822. The Hall–Kier alpha value is -1.70. The van der Waals surface area contributed by atoms with E-state index in [4.69, 9.17) is 0 Å². The number of aryl methyl sites for hydroxylation is 1. The SMILES string of the molecule is Cn1cc(S(=O)(=O)NCCC(O)c2ccccc2)cn1. The molecule has 2 N–H and O–H groups in total. The van der Waals surface area contributed by atoms with Gasteiger partial charge in [-0.2, -0.15) is 5.10 Å². The molecule has 0 fully saturated rings. The molecule has 1 aromatic heterocycles. The fourth-order valence-electron chi connectivity index (χ4n) is 1.79. The molecule has 0 saturated heterocycles. The minimum atomic E-state index is -3.56. The first-order valence-electron chi connectivity index (χ1n) is 6.20. The first kappa shape index (κ1) is 14.7. The van der Waals surface area contributed by atoms with Crippen molar-refractivity contribution in [1.29, 1.82) is 0 Å². The van der Waals surface area contributed by atoms with Gasteiger partial charge in [-0.15, -0.1) is 0 Å². The summed E-state index contributed by atoms with van der Waals surface area (Å²) >= 11 is 0. The van der Waals surface area contributed by atoms with Crippen molar-refractivity contribution in [2.45, 2.75) is 17.4 Å². The maximum absolute atomic E-state index is 11.9. The number of aromatic nitrogens is 2. The quantitative estimate of drug-likeness (QED) is 0.826.